The van der Waals surface area contributed by atoms with Crippen LogP contribution in [0.25, 0.3) is 11.0 Å². The number of halogens is 3. The first-order chi connectivity index (χ1) is 12.8. The van der Waals surface area contributed by atoms with E-state index in [1.165, 1.54) is 9.58 Å². The lowest BCUT2D eigenvalue weighted by Crippen LogP contribution is -2.52. The van der Waals surface area contributed by atoms with Gasteiger partial charge in [-0.25, -0.2) is 4.98 Å². The van der Waals surface area contributed by atoms with Crippen molar-refractivity contribution in [1.82, 2.24) is 19.7 Å². The molecule has 3 rings (SSSR count). The number of pyridine rings is 1. The number of fused-ring (bicyclic) bond motifs is 1. The summed E-state index contributed by atoms with van der Waals surface area (Å²) in [4.78, 5) is 31.0. The molecule has 6 nitrogen and oxygen atoms in total. The number of aromatic amines is 1. The number of carbonyl (C=O) groups excluding carboxylic acids is 1. The van der Waals surface area contributed by atoms with Crippen LogP contribution in [0.4, 0.5) is 13.2 Å². The van der Waals surface area contributed by atoms with Crippen molar-refractivity contribution in [3.8, 4) is 0 Å². The molecule has 1 amide bonds. The molecule has 2 aromatic heterocycles. The fraction of sp³-hybridized carbons (Fsp3) is 0.632. The highest BCUT2D eigenvalue weighted by Crippen LogP contribution is 2.45. The first-order valence-electron chi connectivity index (χ1n) is 9.22. The number of nitrogens with zero attached hydrogens (tertiary/aromatic N) is 3. The van der Waals surface area contributed by atoms with Crippen LogP contribution in [-0.4, -0.2) is 44.8 Å². The quantitative estimate of drug-likeness (QED) is 0.846. The Labute approximate surface area is 160 Å². The molecule has 1 aliphatic heterocycles. The van der Waals surface area contributed by atoms with Crippen LogP contribution in [0.15, 0.2) is 4.79 Å². The van der Waals surface area contributed by atoms with Crippen molar-refractivity contribution in [2.24, 2.45) is 18.4 Å². The van der Waals surface area contributed by atoms with Gasteiger partial charge < -0.3 is 4.90 Å². The van der Waals surface area contributed by atoms with Gasteiger partial charge in [-0.2, -0.15) is 13.2 Å². The van der Waals surface area contributed by atoms with E-state index in [0.717, 1.165) is 0 Å². The van der Waals surface area contributed by atoms with E-state index in [-0.39, 0.29) is 37.4 Å². The third-order valence-corrected chi connectivity index (χ3v) is 5.88. The Hall–Kier alpha value is -2.32. The maximum absolute atomic E-state index is 13.3. The van der Waals surface area contributed by atoms with E-state index >= 15 is 0 Å². The summed E-state index contributed by atoms with van der Waals surface area (Å²) < 4.78 is 41.3. The molecule has 0 bridgehead atoms. The number of hydrogen-bond acceptors (Lipinski definition) is 3. The van der Waals surface area contributed by atoms with Crippen molar-refractivity contribution < 1.29 is 18.0 Å². The minimum atomic E-state index is -4.27. The lowest BCUT2D eigenvalue weighted by Gasteiger charge is -2.44. The molecule has 1 saturated heterocycles. The minimum Gasteiger partial charge on any atom is -0.342 e. The van der Waals surface area contributed by atoms with Gasteiger partial charge in [0, 0.05) is 25.8 Å². The number of H-pyrrole nitrogens is 1. The van der Waals surface area contributed by atoms with E-state index in [2.05, 4.69) is 10.1 Å². The van der Waals surface area contributed by atoms with E-state index in [1.807, 2.05) is 0 Å². The number of hydrogen-bond donors (Lipinski definition) is 1. The Balaban J connectivity index is 1.86. The van der Waals surface area contributed by atoms with Crippen molar-refractivity contribution in [2.75, 3.05) is 13.1 Å². The third-order valence-electron chi connectivity index (χ3n) is 5.88. The predicted molar refractivity (Wildman–Crippen MR) is 99.0 cm³/mol. The zero-order chi connectivity index (χ0) is 21.0. The Morgan fingerprint density at radius 2 is 1.96 bits per heavy atom. The van der Waals surface area contributed by atoms with Crippen molar-refractivity contribution in [3.63, 3.8) is 0 Å². The Morgan fingerprint density at radius 1 is 1.32 bits per heavy atom. The fourth-order valence-corrected chi connectivity index (χ4v) is 4.35. The molecule has 2 aromatic rings. The molecule has 1 unspecified atom stereocenters. The van der Waals surface area contributed by atoms with Gasteiger partial charge in [-0.05, 0) is 36.8 Å². The fourth-order valence-electron chi connectivity index (χ4n) is 4.35. The van der Waals surface area contributed by atoms with Crippen LogP contribution in [0.5, 0.6) is 0 Å². The molecule has 0 saturated carbocycles. The average molecular weight is 398 g/mol. The summed E-state index contributed by atoms with van der Waals surface area (Å²) in [5.74, 6) is -1.66. The second-order valence-electron chi connectivity index (χ2n) is 8.36. The zero-order valence-corrected chi connectivity index (χ0v) is 16.7. The Kier molecular flexibility index (Phi) is 4.84. The second-order valence-corrected chi connectivity index (χ2v) is 8.36. The van der Waals surface area contributed by atoms with Crippen molar-refractivity contribution in [1.29, 1.82) is 0 Å². The molecule has 154 valence electrons. The molecule has 3 heterocycles. The van der Waals surface area contributed by atoms with Gasteiger partial charge in [0.15, 0.2) is 5.65 Å². The number of aromatic nitrogens is 3. The summed E-state index contributed by atoms with van der Waals surface area (Å²) in [5.41, 5.74) is 1.17. The Bertz CT molecular complexity index is 988. The summed E-state index contributed by atoms with van der Waals surface area (Å²) in [6.07, 6.45) is -4.35. The highest BCUT2D eigenvalue weighted by Gasteiger charge is 2.51. The number of amides is 1. The number of likely N-dealkylation sites (tertiary alicyclic amines) is 1. The highest BCUT2D eigenvalue weighted by atomic mass is 19.4. The van der Waals surface area contributed by atoms with Crippen LogP contribution in [0, 0.1) is 25.2 Å². The number of alkyl halides is 3. The Morgan fingerprint density at radius 3 is 2.54 bits per heavy atom. The molecule has 9 heteroatoms. The lowest BCUT2D eigenvalue weighted by atomic mass is 9.73. The molecule has 0 spiro atoms. The van der Waals surface area contributed by atoms with Crippen LogP contribution < -0.4 is 5.56 Å². The zero-order valence-electron chi connectivity index (χ0n) is 16.7. The summed E-state index contributed by atoms with van der Waals surface area (Å²) >= 11 is 0. The molecule has 1 aliphatic rings. The molecule has 0 radical (unpaired) electrons. The van der Waals surface area contributed by atoms with E-state index in [9.17, 15) is 22.8 Å². The van der Waals surface area contributed by atoms with Crippen LogP contribution in [-0.2, 0) is 18.3 Å². The normalized spacial score (nSPS) is 20.0. The highest BCUT2D eigenvalue weighted by molar-refractivity contribution is 5.84. The smallest absolute Gasteiger partial charge is 0.342 e. The molecular formula is C19H25F3N4O2. The predicted octanol–water partition coefficient (Wildman–Crippen LogP) is 2.86. The van der Waals surface area contributed by atoms with Crippen molar-refractivity contribution in [2.45, 2.75) is 46.7 Å². The maximum Gasteiger partial charge on any atom is 0.392 e. The van der Waals surface area contributed by atoms with E-state index in [4.69, 9.17) is 0 Å². The largest absolute Gasteiger partial charge is 0.392 e. The molecule has 0 aromatic carbocycles. The molecule has 1 N–H and O–H groups in total. The van der Waals surface area contributed by atoms with Crippen LogP contribution in [0.2, 0.25) is 0 Å². The molecular weight excluding hydrogens is 373 g/mol. The molecule has 0 aliphatic carbocycles. The van der Waals surface area contributed by atoms with Gasteiger partial charge in [-0.15, -0.1) is 0 Å². The number of aryl methyl sites for hydroxylation is 3. The standard InChI is InChI=1S/C19H25F3N4O2/c1-10-12(11(2)23-16-15(10)17(28)24-25(16)5)8-14(27)26-7-6-13(19(20,21)22)18(3,4)9-26/h13H,6-9H2,1-5H3,(H,24,28). The van der Waals surface area contributed by atoms with Gasteiger partial charge in [0.25, 0.3) is 5.56 Å². The number of rotatable bonds is 2. The third kappa shape index (κ3) is 3.42. The van der Waals surface area contributed by atoms with E-state index < -0.39 is 17.5 Å². The van der Waals surface area contributed by atoms with Crippen molar-refractivity contribution in [3.05, 3.63) is 27.2 Å². The van der Waals surface area contributed by atoms with Crippen LogP contribution >= 0.6 is 0 Å². The summed E-state index contributed by atoms with van der Waals surface area (Å²) in [7, 11) is 1.69. The topological polar surface area (TPSA) is 71.0 Å². The second kappa shape index (κ2) is 6.63. The minimum absolute atomic E-state index is 0.0156. The monoisotopic (exact) mass is 398 g/mol. The molecule has 28 heavy (non-hydrogen) atoms. The van der Waals surface area contributed by atoms with Gasteiger partial charge >= 0.3 is 6.18 Å². The van der Waals surface area contributed by atoms with Gasteiger partial charge in [0.2, 0.25) is 5.91 Å². The number of carbonyl (C=O) groups is 1. The first-order valence-corrected chi connectivity index (χ1v) is 9.22. The van der Waals surface area contributed by atoms with Gasteiger partial charge in [-0.3, -0.25) is 19.4 Å². The molecule has 1 atom stereocenters. The summed E-state index contributed by atoms with van der Waals surface area (Å²) in [6.45, 7) is 6.78. The first kappa shape index (κ1) is 20.4. The summed E-state index contributed by atoms with van der Waals surface area (Å²) in [5, 5.41) is 3.09. The molecule has 1 fully saturated rings. The number of piperidine rings is 1. The van der Waals surface area contributed by atoms with E-state index in [0.29, 0.717) is 27.9 Å². The van der Waals surface area contributed by atoms with Crippen molar-refractivity contribution >= 4 is 16.9 Å². The van der Waals surface area contributed by atoms with Gasteiger partial charge in [0.05, 0.1) is 17.7 Å². The van der Waals surface area contributed by atoms with E-state index in [1.54, 1.807) is 34.7 Å². The maximum atomic E-state index is 13.3. The SMILES string of the molecule is Cc1nc2c(c(C)c1CC(=O)N1CCC(C(F)(F)F)C(C)(C)C1)c(=O)[nH]n2C. The van der Waals surface area contributed by atoms with Gasteiger partial charge in [0.1, 0.15) is 0 Å². The lowest BCUT2D eigenvalue weighted by molar-refractivity contribution is -0.217. The van der Waals surface area contributed by atoms with Gasteiger partial charge in [-0.1, -0.05) is 13.8 Å². The van der Waals surface area contributed by atoms with Crippen LogP contribution in [0.3, 0.4) is 0 Å². The average Bonchev–Trinajstić information content (AvgIpc) is 2.82. The van der Waals surface area contributed by atoms with Crippen LogP contribution in [0.1, 0.15) is 37.1 Å². The summed E-state index contributed by atoms with van der Waals surface area (Å²) in [6, 6.07) is 0. The number of nitrogens with one attached hydrogen (secondary N) is 1.